The number of methoxy groups -OCH3 is 1. The molecule has 0 spiro atoms. The summed E-state index contributed by atoms with van der Waals surface area (Å²) in [6.45, 7) is 2.05. The minimum atomic E-state index is -0.439. The summed E-state index contributed by atoms with van der Waals surface area (Å²) in [6, 6.07) is 9.49. The molecule has 1 unspecified atom stereocenters. The molecule has 1 atom stereocenters. The Morgan fingerprint density at radius 3 is 2.47 bits per heavy atom. The third kappa shape index (κ3) is 4.91. The van der Waals surface area contributed by atoms with Crippen LogP contribution in [0.5, 0.6) is 0 Å². The molecule has 1 aromatic rings. The van der Waals surface area contributed by atoms with E-state index in [0.717, 1.165) is 5.56 Å². The standard InChI is InChI=1S/C14H18ClNO3/c1-11(8-15)14(18)16(10-13(17)19-2)9-12-6-4-3-5-7-12/h3-7,11H,8-10H2,1-2H3. The summed E-state index contributed by atoms with van der Waals surface area (Å²) < 4.78 is 4.62. The van der Waals surface area contributed by atoms with Gasteiger partial charge in [-0.05, 0) is 5.56 Å². The maximum atomic E-state index is 12.2. The second-order valence-electron chi connectivity index (χ2n) is 4.31. The van der Waals surface area contributed by atoms with Crippen LogP contribution in [0.25, 0.3) is 0 Å². The van der Waals surface area contributed by atoms with Crippen molar-refractivity contribution in [1.29, 1.82) is 0 Å². The molecule has 0 N–H and O–H groups in total. The molecular weight excluding hydrogens is 266 g/mol. The normalized spacial score (nSPS) is 11.7. The first-order valence-corrected chi connectivity index (χ1v) is 6.57. The summed E-state index contributed by atoms with van der Waals surface area (Å²) in [5.41, 5.74) is 0.960. The summed E-state index contributed by atoms with van der Waals surface area (Å²) >= 11 is 5.70. The SMILES string of the molecule is COC(=O)CN(Cc1ccccc1)C(=O)C(C)CCl. The van der Waals surface area contributed by atoms with Crippen LogP contribution in [0.1, 0.15) is 12.5 Å². The van der Waals surface area contributed by atoms with Gasteiger partial charge in [0.1, 0.15) is 6.54 Å². The lowest BCUT2D eigenvalue weighted by Gasteiger charge is -2.24. The second-order valence-corrected chi connectivity index (χ2v) is 4.62. The van der Waals surface area contributed by atoms with E-state index in [4.69, 9.17) is 11.6 Å². The van der Waals surface area contributed by atoms with Crippen LogP contribution in [0.4, 0.5) is 0 Å². The van der Waals surface area contributed by atoms with Crippen LogP contribution < -0.4 is 0 Å². The fourth-order valence-corrected chi connectivity index (χ4v) is 1.75. The highest BCUT2D eigenvalue weighted by Crippen LogP contribution is 2.10. The molecule has 1 aromatic carbocycles. The van der Waals surface area contributed by atoms with Gasteiger partial charge in [-0.2, -0.15) is 0 Å². The molecule has 104 valence electrons. The Morgan fingerprint density at radius 2 is 1.95 bits per heavy atom. The van der Waals surface area contributed by atoms with E-state index in [0.29, 0.717) is 6.54 Å². The predicted octanol–water partition coefficient (Wildman–Crippen LogP) is 2.06. The van der Waals surface area contributed by atoms with Crippen molar-refractivity contribution in [2.24, 2.45) is 5.92 Å². The van der Waals surface area contributed by atoms with Gasteiger partial charge in [-0.3, -0.25) is 9.59 Å². The van der Waals surface area contributed by atoms with Crippen LogP contribution in [-0.4, -0.2) is 36.3 Å². The molecule has 0 radical (unpaired) electrons. The lowest BCUT2D eigenvalue weighted by atomic mass is 10.1. The van der Waals surface area contributed by atoms with Gasteiger partial charge in [0.25, 0.3) is 0 Å². The zero-order valence-electron chi connectivity index (χ0n) is 11.1. The van der Waals surface area contributed by atoms with E-state index < -0.39 is 5.97 Å². The topological polar surface area (TPSA) is 46.6 Å². The van der Waals surface area contributed by atoms with Crippen LogP contribution in [-0.2, 0) is 20.9 Å². The van der Waals surface area contributed by atoms with Gasteiger partial charge in [-0.15, -0.1) is 11.6 Å². The third-order valence-electron chi connectivity index (χ3n) is 2.73. The number of esters is 1. The average molecular weight is 284 g/mol. The van der Waals surface area contributed by atoms with Gasteiger partial charge in [-0.25, -0.2) is 0 Å². The first-order chi connectivity index (χ1) is 9.08. The molecule has 0 aliphatic carbocycles. The molecule has 0 fully saturated rings. The molecule has 0 saturated heterocycles. The number of halogens is 1. The number of nitrogens with zero attached hydrogens (tertiary/aromatic N) is 1. The first-order valence-electron chi connectivity index (χ1n) is 6.04. The number of benzene rings is 1. The molecule has 19 heavy (non-hydrogen) atoms. The largest absolute Gasteiger partial charge is 0.468 e. The molecule has 0 saturated carbocycles. The fourth-order valence-electron chi connectivity index (χ4n) is 1.61. The van der Waals surface area contributed by atoms with Crippen LogP contribution in [0, 0.1) is 5.92 Å². The van der Waals surface area contributed by atoms with Crippen molar-refractivity contribution in [3.63, 3.8) is 0 Å². The molecule has 4 nitrogen and oxygen atoms in total. The Bertz CT molecular complexity index is 422. The number of amides is 1. The summed E-state index contributed by atoms with van der Waals surface area (Å²) in [5.74, 6) is -0.684. The number of hydrogen-bond donors (Lipinski definition) is 0. The number of ether oxygens (including phenoxy) is 1. The van der Waals surface area contributed by atoms with Gasteiger partial charge in [0.2, 0.25) is 5.91 Å². The number of hydrogen-bond acceptors (Lipinski definition) is 3. The van der Waals surface area contributed by atoms with Crippen molar-refractivity contribution in [3.05, 3.63) is 35.9 Å². The second kappa shape index (κ2) is 7.79. The van der Waals surface area contributed by atoms with Gasteiger partial charge in [0.15, 0.2) is 0 Å². The Hall–Kier alpha value is -1.55. The maximum absolute atomic E-state index is 12.2. The fraction of sp³-hybridized carbons (Fsp3) is 0.429. The average Bonchev–Trinajstić information content (AvgIpc) is 2.45. The van der Waals surface area contributed by atoms with Crippen molar-refractivity contribution in [2.75, 3.05) is 19.5 Å². The Labute approximate surface area is 118 Å². The van der Waals surface area contributed by atoms with E-state index in [1.165, 1.54) is 12.0 Å². The number of alkyl halides is 1. The molecule has 0 aliphatic rings. The van der Waals surface area contributed by atoms with Gasteiger partial charge in [0.05, 0.1) is 7.11 Å². The minimum absolute atomic E-state index is 0.0640. The Morgan fingerprint density at radius 1 is 1.32 bits per heavy atom. The van der Waals surface area contributed by atoms with Crippen molar-refractivity contribution >= 4 is 23.5 Å². The van der Waals surface area contributed by atoms with E-state index in [-0.39, 0.29) is 24.2 Å². The zero-order valence-corrected chi connectivity index (χ0v) is 11.9. The smallest absolute Gasteiger partial charge is 0.325 e. The minimum Gasteiger partial charge on any atom is -0.468 e. The highest BCUT2D eigenvalue weighted by Gasteiger charge is 2.22. The van der Waals surface area contributed by atoms with Gasteiger partial charge >= 0.3 is 5.97 Å². The van der Waals surface area contributed by atoms with Crippen molar-refractivity contribution < 1.29 is 14.3 Å². The van der Waals surface area contributed by atoms with E-state index in [1.807, 2.05) is 30.3 Å². The molecule has 1 amide bonds. The maximum Gasteiger partial charge on any atom is 0.325 e. The van der Waals surface area contributed by atoms with Crippen LogP contribution in [0.2, 0.25) is 0 Å². The summed E-state index contributed by atoms with van der Waals surface area (Å²) in [6.07, 6.45) is 0. The van der Waals surface area contributed by atoms with E-state index in [1.54, 1.807) is 6.92 Å². The number of rotatable bonds is 6. The first kappa shape index (κ1) is 15.5. The summed E-state index contributed by atoms with van der Waals surface area (Å²) in [4.78, 5) is 25.0. The summed E-state index contributed by atoms with van der Waals surface area (Å²) in [7, 11) is 1.30. The molecule has 0 aliphatic heterocycles. The predicted molar refractivity (Wildman–Crippen MR) is 73.8 cm³/mol. The van der Waals surface area contributed by atoms with E-state index >= 15 is 0 Å². The zero-order chi connectivity index (χ0) is 14.3. The quantitative estimate of drug-likeness (QED) is 0.593. The Balaban J connectivity index is 2.80. The molecule has 0 bridgehead atoms. The Kier molecular flexibility index (Phi) is 6.36. The highest BCUT2D eigenvalue weighted by molar-refractivity contribution is 6.19. The lowest BCUT2D eigenvalue weighted by Crippen LogP contribution is -2.39. The van der Waals surface area contributed by atoms with Gasteiger partial charge in [-0.1, -0.05) is 37.3 Å². The van der Waals surface area contributed by atoms with Gasteiger partial charge < -0.3 is 9.64 Å². The van der Waals surface area contributed by atoms with Crippen LogP contribution in [0.15, 0.2) is 30.3 Å². The molecule has 5 heteroatoms. The summed E-state index contributed by atoms with van der Waals surface area (Å²) in [5, 5.41) is 0. The molecule has 1 rings (SSSR count). The van der Waals surface area contributed by atoms with Crippen LogP contribution >= 0.6 is 11.6 Å². The number of carbonyl (C=O) groups is 2. The highest BCUT2D eigenvalue weighted by atomic mass is 35.5. The van der Waals surface area contributed by atoms with Crippen LogP contribution in [0.3, 0.4) is 0 Å². The van der Waals surface area contributed by atoms with Crippen molar-refractivity contribution in [2.45, 2.75) is 13.5 Å². The lowest BCUT2D eigenvalue weighted by molar-refractivity contribution is -0.148. The molecule has 0 aromatic heterocycles. The molecule has 0 heterocycles. The third-order valence-corrected chi connectivity index (χ3v) is 3.19. The monoisotopic (exact) mass is 283 g/mol. The van der Waals surface area contributed by atoms with E-state index in [2.05, 4.69) is 4.74 Å². The van der Waals surface area contributed by atoms with E-state index in [9.17, 15) is 9.59 Å². The number of carbonyl (C=O) groups excluding carboxylic acids is 2. The van der Waals surface area contributed by atoms with Gasteiger partial charge in [0, 0.05) is 18.3 Å². The van der Waals surface area contributed by atoms with Crippen molar-refractivity contribution in [3.8, 4) is 0 Å². The molecular formula is C14H18ClNO3. The van der Waals surface area contributed by atoms with Crippen molar-refractivity contribution in [1.82, 2.24) is 4.90 Å².